The van der Waals surface area contributed by atoms with Crippen molar-refractivity contribution in [1.82, 2.24) is 5.32 Å². The average molecular weight is 296 g/mol. The van der Waals surface area contributed by atoms with Crippen molar-refractivity contribution in [2.75, 3.05) is 17.3 Å². The largest absolute Gasteiger partial charge is 0.478 e. The van der Waals surface area contributed by atoms with E-state index >= 15 is 0 Å². The number of carbonyl (C=O) groups excluding carboxylic acids is 1. The summed E-state index contributed by atoms with van der Waals surface area (Å²) in [6.07, 6.45) is 2.88. The van der Waals surface area contributed by atoms with Gasteiger partial charge in [0.25, 0.3) is 0 Å². The first kappa shape index (κ1) is 16.4. The molecule has 5 nitrogen and oxygen atoms in total. The lowest BCUT2D eigenvalue weighted by molar-refractivity contribution is 0.0697. The summed E-state index contributed by atoms with van der Waals surface area (Å²) in [5.74, 6) is -0.0828. The predicted octanol–water partition coefficient (Wildman–Crippen LogP) is 2.96. The Balaban J connectivity index is 2.71. The Morgan fingerprint density at radius 3 is 2.70 bits per heavy atom. The molecule has 1 aromatic carbocycles. The lowest BCUT2D eigenvalue weighted by Gasteiger charge is -2.15. The van der Waals surface area contributed by atoms with E-state index in [1.807, 2.05) is 13.2 Å². The van der Waals surface area contributed by atoms with E-state index in [1.54, 1.807) is 36.9 Å². The highest BCUT2D eigenvalue weighted by Gasteiger charge is 2.15. The van der Waals surface area contributed by atoms with E-state index < -0.39 is 5.97 Å². The highest BCUT2D eigenvalue weighted by molar-refractivity contribution is 7.98. The summed E-state index contributed by atoms with van der Waals surface area (Å²) in [6.45, 7) is 3.62. The Kier molecular flexibility index (Phi) is 6.38. The summed E-state index contributed by atoms with van der Waals surface area (Å²) in [4.78, 5) is 23.1. The van der Waals surface area contributed by atoms with Gasteiger partial charge in [0.15, 0.2) is 0 Å². The number of rotatable bonds is 6. The van der Waals surface area contributed by atoms with E-state index in [0.717, 1.165) is 12.2 Å². The minimum atomic E-state index is -1.05. The smallest absolute Gasteiger partial charge is 0.338 e. The molecule has 6 heteroatoms. The highest BCUT2D eigenvalue weighted by atomic mass is 32.2. The van der Waals surface area contributed by atoms with E-state index in [-0.39, 0.29) is 17.6 Å². The van der Waals surface area contributed by atoms with Crippen LogP contribution in [0.4, 0.5) is 10.5 Å². The summed E-state index contributed by atoms with van der Waals surface area (Å²) in [5, 5.41) is 14.6. The van der Waals surface area contributed by atoms with Gasteiger partial charge in [-0.05, 0) is 43.9 Å². The molecule has 0 bridgehead atoms. The Morgan fingerprint density at radius 1 is 1.40 bits per heavy atom. The fourth-order valence-electron chi connectivity index (χ4n) is 1.80. The van der Waals surface area contributed by atoms with Gasteiger partial charge in [0.1, 0.15) is 0 Å². The maximum Gasteiger partial charge on any atom is 0.338 e. The van der Waals surface area contributed by atoms with Crippen LogP contribution < -0.4 is 10.6 Å². The topological polar surface area (TPSA) is 78.4 Å². The molecule has 1 rings (SSSR count). The number of carboxylic acids is 1. The van der Waals surface area contributed by atoms with Crippen LogP contribution in [0.3, 0.4) is 0 Å². The number of aromatic carboxylic acids is 1. The van der Waals surface area contributed by atoms with Gasteiger partial charge in [-0.3, -0.25) is 0 Å². The SMILES string of the molecule is CSCCC(C)NC(=O)Nc1cccc(C)c1C(=O)O. The average Bonchev–Trinajstić information content (AvgIpc) is 2.35. The molecule has 1 unspecified atom stereocenters. The summed E-state index contributed by atoms with van der Waals surface area (Å²) < 4.78 is 0. The summed E-state index contributed by atoms with van der Waals surface area (Å²) in [5.41, 5.74) is 1.05. The lowest BCUT2D eigenvalue weighted by Crippen LogP contribution is -2.36. The van der Waals surface area contributed by atoms with Gasteiger partial charge >= 0.3 is 12.0 Å². The Labute approximate surface area is 123 Å². The molecule has 0 spiro atoms. The quantitative estimate of drug-likeness (QED) is 0.754. The van der Waals surface area contributed by atoms with Gasteiger partial charge in [-0.25, -0.2) is 9.59 Å². The third-order valence-electron chi connectivity index (χ3n) is 2.87. The zero-order valence-corrected chi connectivity index (χ0v) is 12.7. The number of nitrogens with one attached hydrogen (secondary N) is 2. The molecule has 0 radical (unpaired) electrons. The van der Waals surface area contributed by atoms with Gasteiger partial charge in [0, 0.05) is 6.04 Å². The molecule has 0 heterocycles. The molecule has 1 atom stereocenters. The predicted molar refractivity (Wildman–Crippen MR) is 82.8 cm³/mol. The van der Waals surface area contributed by atoms with Crippen molar-refractivity contribution in [2.24, 2.45) is 0 Å². The number of aryl methyl sites for hydroxylation is 1. The van der Waals surface area contributed by atoms with Crippen LogP contribution in [0.25, 0.3) is 0 Å². The van der Waals surface area contributed by atoms with Crippen molar-refractivity contribution >= 4 is 29.4 Å². The van der Waals surface area contributed by atoms with Gasteiger partial charge in [0.05, 0.1) is 11.3 Å². The number of urea groups is 1. The molecule has 0 aliphatic carbocycles. The normalized spacial score (nSPS) is 11.8. The van der Waals surface area contributed by atoms with Crippen molar-refractivity contribution in [3.63, 3.8) is 0 Å². The van der Waals surface area contributed by atoms with E-state index in [2.05, 4.69) is 10.6 Å². The third kappa shape index (κ3) is 4.77. The molecule has 0 aromatic heterocycles. The fraction of sp³-hybridized carbons (Fsp3) is 0.429. The first-order valence-electron chi connectivity index (χ1n) is 6.35. The van der Waals surface area contributed by atoms with Crippen LogP contribution >= 0.6 is 11.8 Å². The standard InChI is InChI=1S/C14H20N2O3S/c1-9-5-4-6-11(12(9)13(17)18)16-14(19)15-10(2)7-8-20-3/h4-6,10H,7-8H2,1-3H3,(H,17,18)(H2,15,16,19). The monoisotopic (exact) mass is 296 g/mol. The Bertz CT molecular complexity index is 491. The Morgan fingerprint density at radius 2 is 2.10 bits per heavy atom. The zero-order valence-electron chi connectivity index (χ0n) is 11.9. The van der Waals surface area contributed by atoms with Crippen LogP contribution in [-0.2, 0) is 0 Å². The maximum absolute atomic E-state index is 11.9. The van der Waals surface area contributed by atoms with Crippen molar-refractivity contribution < 1.29 is 14.7 Å². The molecule has 1 aromatic rings. The molecule has 0 fully saturated rings. The van der Waals surface area contributed by atoms with Crippen LogP contribution in [-0.4, -0.2) is 35.2 Å². The van der Waals surface area contributed by atoms with Gasteiger partial charge < -0.3 is 15.7 Å². The molecule has 0 saturated heterocycles. The van der Waals surface area contributed by atoms with E-state index in [1.165, 1.54) is 0 Å². The van der Waals surface area contributed by atoms with Crippen LogP contribution in [0.15, 0.2) is 18.2 Å². The highest BCUT2D eigenvalue weighted by Crippen LogP contribution is 2.19. The van der Waals surface area contributed by atoms with Crippen LogP contribution in [0.2, 0.25) is 0 Å². The number of amides is 2. The van der Waals surface area contributed by atoms with E-state index in [4.69, 9.17) is 0 Å². The van der Waals surface area contributed by atoms with Crippen molar-refractivity contribution in [3.8, 4) is 0 Å². The van der Waals surface area contributed by atoms with Gasteiger partial charge in [-0.1, -0.05) is 12.1 Å². The second-order valence-electron chi connectivity index (χ2n) is 4.58. The summed E-state index contributed by atoms with van der Waals surface area (Å²) in [6, 6.07) is 4.66. The molecule has 20 heavy (non-hydrogen) atoms. The Hall–Kier alpha value is -1.69. The summed E-state index contributed by atoms with van der Waals surface area (Å²) >= 11 is 1.72. The molecule has 0 aliphatic rings. The van der Waals surface area contributed by atoms with Gasteiger partial charge in [0.2, 0.25) is 0 Å². The minimum Gasteiger partial charge on any atom is -0.478 e. The number of hydrogen-bond donors (Lipinski definition) is 3. The summed E-state index contributed by atoms with van der Waals surface area (Å²) in [7, 11) is 0. The van der Waals surface area contributed by atoms with Crippen molar-refractivity contribution in [2.45, 2.75) is 26.3 Å². The number of carbonyl (C=O) groups is 2. The molecule has 0 saturated carbocycles. The van der Waals surface area contributed by atoms with Crippen molar-refractivity contribution in [3.05, 3.63) is 29.3 Å². The number of carboxylic acid groups (broad SMARTS) is 1. The second kappa shape index (κ2) is 7.79. The van der Waals surface area contributed by atoms with Gasteiger partial charge in [-0.15, -0.1) is 0 Å². The zero-order chi connectivity index (χ0) is 15.1. The number of hydrogen-bond acceptors (Lipinski definition) is 3. The molecule has 0 aliphatic heterocycles. The number of benzene rings is 1. The van der Waals surface area contributed by atoms with Crippen LogP contribution in [0.1, 0.15) is 29.3 Å². The molecule has 110 valence electrons. The molecule has 2 amide bonds. The first-order valence-corrected chi connectivity index (χ1v) is 7.74. The number of thioether (sulfide) groups is 1. The second-order valence-corrected chi connectivity index (χ2v) is 5.57. The third-order valence-corrected chi connectivity index (χ3v) is 3.51. The van der Waals surface area contributed by atoms with Crippen LogP contribution in [0.5, 0.6) is 0 Å². The molecule has 3 N–H and O–H groups in total. The van der Waals surface area contributed by atoms with Crippen LogP contribution in [0, 0.1) is 6.92 Å². The maximum atomic E-state index is 11.9. The van der Waals surface area contributed by atoms with E-state index in [0.29, 0.717) is 11.3 Å². The molecular weight excluding hydrogens is 276 g/mol. The molecular formula is C14H20N2O3S. The van der Waals surface area contributed by atoms with E-state index in [9.17, 15) is 14.7 Å². The van der Waals surface area contributed by atoms with Gasteiger partial charge in [-0.2, -0.15) is 11.8 Å². The first-order chi connectivity index (χ1) is 9.45. The fourth-order valence-corrected chi connectivity index (χ4v) is 2.39. The minimum absolute atomic E-state index is 0.0422. The lowest BCUT2D eigenvalue weighted by atomic mass is 10.1. The van der Waals surface area contributed by atoms with Crippen molar-refractivity contribution in [1.29, 1.82) is 0 Å². The number of anilines is 1.